The van der Waals surface area contributed by atoms with Gasteiger partial charge in [0.1, 0.15) is 5.82 Å². The Bertz CT molecular complexity index is 252. The van der Waals surface area contributed by atoms with Crippen LogP contribution in [0.3, 0.4) is 0 Å². The number of thioether (sulfide) groups is 1. The largest absolute Gasteiger partial charge is 0.308 e. The van der Waals surface area contributed by atoms with Crippen LogP contribution >= 0.6 is 11.8 Å². The minimum atomic E-state index is 0.724. The van der Waals surface area contributed by atoms with Crippen LogP contribution in [0.1, 0.15) is 19.8 Å². The maximum atomic E-state index is 5.25. The van der Waals surface area contributed by atoms with Gasteiger partial charge in [0.15, 0.2) is 0 Å². The molecule has 0 bridgehead atoms. The highest BCUT2D eigenvalue weighted by Crippen LogP contribution is 2.18. The van der Waals surface area contributed by atoms with E-state index >= 15 is 0 Å². The molecule has 0 radical (unpaired) electrons. The van der Waals surface area contributed by atoms with E-state index in [1.54, 1.807) is 11.8 Å². The molecule has 0 aliphatic rings. The second-order valence-corrected chi connectivity index (χ2v) is 3.82. The lowest BCUT2D eigenvalue weighted by Gasteiger charge is -2.02. The molecule has 0 amide bonds. The lowest BCUT2D eigenvalue weighted by molar-refractivity contribution is 0.894. The van der Waals surface area contributed by atoms with Gasteiger partial charge in [-0.1, -0.05) is 19.4 Å². The first-order valence-electron chi connectivity index (χ1n) is 4.43. The Kier molecular flexibility index (Phi) is 4.64. The SMILES string of the molecule is CCCCSc1cccc(NN)n1. The zero-order valence-electron chi connectivity index (χ0n) is 7.79. The van der Waals surface area contributed by atoms with Crippen LogP contribution in [0.25, 0.3) is 0 Å². The summed E-state index contributed by atoms with van der Waals surface area (Å²) in [6, 6.07) is 5.81. The number of nitrogens with two attached hydrogens (primary N) is 1. The Morgan fingerprint density at radius 1 is 1.54 bits per heavy atom. The second kappa shape index (κ2) is 5.83. The number of anilines is 1. The molecule has 0 spiro atoms. The number of hydrogen-bond donors (Lipinski definition) is 2. The maximum absolute atomic E-state index is 5.25. The predicted molar refractivity (Wildman–Crippen MR) is 57.7 cm³/mol. The van der Waals surface area contributed by atoms with E-state index < -0.39 is 0 Å². The highest BCUT2D eigenvalue weighted by Gasteiger charge is 1.96. The molecule has 0 fully saturated rings. The summed E-state index contributed by atoms with van der Waals surface area (Å²) in [6.45, 7) is 2.19. The van der Waals surface area contributed by atoms with Crippen LogP contribution in [-0.2, 0) is 0 Å². The maximum Gasteiger partial charge on any atom is 0.141 e. The number of rotatable bonds is 5. The van der Waals surface area contributed by atoms with E-state index in [0.29, 0.717) is 0 Å². The minimum Gasteiger partial charge on any atom is -0.308 e. The Morgan fingerprint density at radius 3 is 3.08 bits per heavy atom. The first-order valence-corrected chi connectivity index (χ1v) is 5.42. The number of aromatic nitrogens is 1. The van der Waals surface area contributed by atoms with Gasteiger partial charge in [-0.05, 0) is 24.3 Å². The fourth-order valence-corrected chi connectivity index (χ4v) is 1.88. The summed E-state index contributed by atoms with van der Waals surface area (Å²) in [5.74, 6) is 7.10. The van der Waals surface area contributed by atoms with Gasteiger partial charge in [-0.3, -0.25) is 0 Å². The smallest absolute Gasteiger partial charge is 0.141 e. The molecule has 3 N–H and O–H groups in total. The molecule has 1 aromatic heterocycles. The summed E-state index contributed by atoms with van der Waals surface area (Å²) < 4.78 is 0. The van der Waals surface area contributed by atoms with Gasteiger partial charge in [0.05, 0.1) is 5.03 Å². The number of hydrogen-bond acceptors (Lipinski definition) is 4. The third-order valence-corrected chi connectivity index (χ3v) is 2.64. The van der Waals surface area contributed by atoms with Crippen molar-refractivity contribution >= 4 is 17.6 Å². The summed E-state index contributed by atoms with van der Waals surface area (Å²) in [5.41, 5.74) is 2.53. The van der Waals surface area contributed by atoms with Crippen molar-refractivity contribution in [2.24, 2.45) is 5.84 Å². The van der Waals surface area contributed by atoms with Crippen LogP contribution in [0, 0.1) is 0 Å². The van der Waals surface area contributed by atoms with Crippen LogP contribution in [-0.4, -0.2) is 10.7 Å². The molecular formula is C9H15N3S. The Labute approximate surface area is 83.1 Å². The Balaban J connectivity index is 2.46. The van der Waals surface area contributed by atoms with E-state index in [9.17, 15) is 0 Å². The van der Waals surface area contributed by atoms with Gasteiger partial charge in [-0.25, -0.2) is 10.8 Å². The summed E-state index contributed by atoms with van der Waals surface area (Å²) >= 11 is 1.77. The van der Waals surface area contributed by atoms with Gasteiger partial charge in [0.2, 0.25) is 0 Å². The molecular weight excluding hydrogens is 182 g/mol. The van der Waals surface area contributed by atoms with E-state index in [1.165, 1.54) is 12.8 Å². The molecule has 0 unspecified atom stereocenters. The van der Waals surface area contributed by atoms with Crippen molar-refractivity contribution in [3.8, 4) is 0 Å². The highest BCUT2D eigenvalue weighted by atomic mass is 32.2. The van der Waals surface area contributed by atoms with Crippen molar-refractivity contribution in [3.63, 3.8) is 0 Å². The molecule has 0 aliphatic carbocycles. The summed E-state index contributed by atoms with van der Waals surface area (Å²) in [6.07, 6.45) is 2.45. The van der Waals surface area contributed by atoms with Crippen LogP contribution in [0.5, 0.6) is 0 Å². The molecule has 3 nitrogen and oxygen atoms in total. The molecule has 0 saturated carbocycles. The average Bonchev–Trinajstić information content (AvgIpc) is 2.19. The lowest BCUT2D eigenvalue weighted by Crippen LogP contribution is -2.08. The van der Waals surface area contributed by atoms with Gasteiger partial charge in [0, 0.05) is 0 Å². The van der Waals surface area contributed by atoms with E-state index in [2.05, 4.69) is 17.3 Å². The van der Waals surface area contributed by atoms with Crippen LogP contribution in [0.4, 0.5) is 5.82 Å². The average molecular weight is 197 g/mol. The van der Waals surface area contributed by atoms with Crippen molar-refractivity contribution in [1.82, 2.24) is 4.98 Å². The quantitative estimate of drug-likeness (QED) is 0.329. The number of pyridine rings is 1. The van der Waals surface area contributed by atoms with Crippen molar-refractivity contribution < 1.29 is 0 Å². The monoisotopic (exact) mass is 197 g/mol. The third kappa shape index (κ3) is 3.65. The lowest BCUT2D eigenvalue weighted by atomic mass is 10.4. The molecule has 1 heterocycles. The van der Waals surface area contributed by atoms with Crippen molar-refractivity contribution in [2.75, 3.05) is 11.2 Å². The van der Waals surface area contributed by atoms with E-state index in [0.717, 1.165) is 16.6 Å². The number of nitrogens with one attached hydrogen (secondary N) is 1. The zero-order chi connectivity index (χ0) is 9.52. The van der Waals surface area contributed by atoms with Crippen molar-refractivity contribution in [2.45, 2.75) is 24.8 Å². The molecule has 4 heteroatoms. The molecule has 0 atom stereocenters. The molecule has 13 heavy (non-hydrogen) atoms. The second-order valence-electron chi connectivity index (χ2n) is 2.71. The van der Waals surface area contributed by atoms with Crippen LogP contribution in [0.2, 0.25) is 0 Å². The number of unbranched alkanes of at least 4 members (excludes halogenated alkanes) is 1. The molecule has 0 aromatic carbocycles. The van der Waals surface area contributed by atoms with E-state index in [4.69, 9.17) is 5.84 Å². The topological polar surface area (TPSA) is 50.9 Å². The van der Waals surface area contributed by atoms with Gasteiger partial charge >= 0.3 is 0 Å². The normalized spacial score (nSPS) is 10.0. The molecule has 1 aromatic rings. The van der Waals surface area contributed by atoms with Crippen molar-refractivity contribution in [1.29, 1.82) is 0 Å². The Morgan fingerprint density at radius 2 is 2.38 bits per heavy atom. The van der Waals surface area contributed by atoms with Gasteiger partial charge < -0.3 is 5.43 Å². The number of nitrogens with zero attached hydrogens (tertiary/aromatic N) is 1. The third-order valence-electron chi connectivity index (χ3n) is 1.62. The fourth-order valence-electron chi connectivity index (χ4n) is 0.897. The highest BCUT2D eigenvalue weighted by molar-refractivity contribution is 7.99. The molecule has 0 aliphatic heterocycles. The van der Waals surface area contributed by atoms with Gasteiger partial charge in [-0.15, -0.1) is 11.8 Å². The summed E-state index contributed by atoms with van der Waals surface area (Å²) in [5, 5.41) is 1.03. The minimum absolute atomic E-state index is 0.724. The molecule has 0 saturated heterocycles. The van der Waals surface area contributed by atoms with Gasteiger partial charge in [-0.2, -0.15) is 0 Å². The first-order chi connectivity index (χ1) is 6.36. The molecule has 72 valence electrons. The zero-order valence-corrected chi connectivity index (χ0v) is 8.60. The predicted octanol–water partition coefficient (Wildman–Crippen LogP) is 2.26. The summed E-state index contributed by atoms with van der Waals surface area (Å²) in [4.78, 5) is 4.29. The van der Waals surface area contributed by atoms with Crippen molar-refractivity contribution in [3.05, 3.63) is 18.2 Å². The fraction of sp³-hybridized carbons (Fsp3) is 0.444. The van der Waals surface area contributed by atoms with Crippen LogP contribution < -0.4 is 11.3 Å². The standard InChI is InChI=1S/C9H15N3S/c1-2-3-7-13-9-6-4-5-8(11-9)12-10/h4-6H,2-3,7,10H2,1H3,(H,11,12). The number of hydrazine groups is 1. The summed E-state index contributed by atoms with van der Waals surface area (Å²) in [7, 11) is 0. The van der Waals surface area contributed by atoms with E-state index in [-0.39, 0.29) is 0 Å². The van der Waals surface area contributed by atoms with Crippen LogP contribution in [0.15, 0.2) is 23.2 Å². The van der Waals surface area contributed by atoms with Gasteiger partial charge in [0.25, 0.3) is 0 Å². The van der Waals surface area contributed by atoms with E-state index in [1.807, 2.05) is 18.2 Å². The Hall–Kier alpha value is -0.740. The number of nitrogen functional groups attached to an aromatic ring is 1. The first kappa shape index (κ1) is 10.3. The molecule has 1 rings (SSSR count).